The SMILES string of the molecule is Cc1cccc([N+](=O)[O-])c1OCCC1CCCC1(N)C#N. The lowest BCUT2D eigenvalue weighted by Crippen LogP contribution is -2.42. The number of benzene rings is 1. The van der Waals surface area contributed by atoms with Gasteiger partial charge in [-0.05, 0) is 37.7 Å². The zero-order chi connectivity index (χ0) is 15.5. The van der Waals surface area contributed by atoms with Gasteiger partial charge in [0.2, 0.25) is 0 Å². The summed E-state index contributed by atoms with van der Waals surface area (Å²) in [4.78, 5) is 10.6. The maximum absolute atomic E-state index is 11.0. The zero-order valence-electron chi connectivity index (χ0n) is 12.0. The third-order valence-electron chi connectivity index (χ3n) is 4.18. The van der Waals surface area contributed by atoms with Crippen LogP contribution >= 0.6 is 0 Å². The van der Waals surface area contributed by atoms with Crippen LogP contribution in [-0.2, 0) is 0 Å². The van der Waals surface area contributed by atoms with Crippen LogP contribution in [-0.4, -0.2) is 17.1 Å². The van der Waals surface area contributed by atoms with Crippen LogP contribution in [0.3, 0.4) is 0 Å². The molecule has 2 N–H and O–H groups in total. The summed E-state index contributed by atoms with van der Waals surface area (Å²) in [6.07, 6.45) is 3.19. The fourth-order valence-corrected chi connectivity index (χ4v) is 2.92. The minimum absolute atomic E-state index is 0.0271. The number of nitro benzene ring substituents is 1. The van der Waals surface area contributed by atoms with Crippen LogP contribution in [0.25, 0.3) is 0 Å². The van der Waals surface area contributed by atoms with Gasteiger partial charge >= 0.3 is 5.69 Å². The van der Waals surface area contributed by atoms with Crippen LogP contribution in [0.15, 0.2) is 18.2 Å². The van der Waals surface area contributed by atoms with Gasteiger partial charge in [0, 0.05) is 6.07 Å². The molecule has 2 atom stereocenters. The lowest BCUT2D eigenvalue weighted by Gasteiger charge is -2.23. The van der Waals surface area contributed by atoms with E-state index in [0.29, 0.717) is 25.2 Å². The number of nitrogens with zero attached hydrogens (tertiary/aromatic N) is 2. The van der Waals surface area contributed by atoms with Crippen molar-refractivity contribution in [2.45, 2.75) is 38.1 Å². The summed E-state index contributed by atoms with van der Waals surface area (Å²) >= 11 is 0. The van der Waals surface area contributed by atoms with E-state index >= 15 is 0 Å². The molecule has 0 aliphatic heterocycles. The molecule has 1 aromatic rings. The molecule has 21 heavy (non-hydrogen) atoms. The molecule has 6 heteroatoms. The van der Waals surface area contributed by atoms with Crippen LogP contribution in [0.2, 0.25) is 0 Å². The number of para-hydroxylation sites is 1. The zero-order valence-corrected chi connectivity index (χ0v) is 12.0. The second-order valence-electron chi connectivity index (χ2n) is 5.56. The summed E-state index contributed by atoms with van der Waals surface area (Å²) in [5.74, 6) is 0.394. The number of hydrogen-bond donors (Lipinski definition) is 1. The summed E-state index contributed by atoms with van der Waals surface area (Å²) in [7, 11) is 0. The van der Waals surface area contributed by atoms with Crippen LogP contribution in [0.4, 0.5) is 5.69 Å². The molecule has 1 aliphatic carbocycles. The Morgan fingerprint density at radius 3 is 3.05 bits per heavy atom. The Morgan fingerprint density at radius 2 is 2.38 bits per heavy atom. The van der Waals surface area contributed by atoms with E-state index in [1.54, 1.807) is 19.1 Å². The van der Waals surface area contributed by atoms with Gasteiger partial charge in [-0.3, -0.25) is 10.1 Å². The second-order valence-corrected chi connectivity index (χ2v) is 5.56. The number of hydrogen-bond acceptors (Lipinski definition) is 5. The molecule has 1 aliphatic rings. The highest BCUT2D eigenvalue weighted by molar-refractivity contribution is 5.51. The summed E-state index contributed by atoms with van der Waals surface area (Å²) in [6.45, 7) is 2.11. The van der Waals surface area contributed by atoms with E-state index in [2.05, 4.69) is 6.07 Å². The number of aryl methyl sites for hydroxylation is 1. The lowest BCUT2D eigenvalue weighted by atomic mass is 9.87. The van der Waals surface area contributed by atoms with Crippen molar-refractivity contribution < 1.29 is 9.66 Å². The first-order valence-corrected chi connectivity index (χ1v) is 7.05. The van der Waals surface area contributed by atoms with Gasteiger partial charge in [0.1, 0.15) is 5.54 Å². The lowest BCUT2D eigenvalue weighted by molar-refractivity contribution is -0.385. The van der Waals surface area contributed by atoms with Crippen LogP contribution in [0, 0.1) is 34.3 Å². The average Bonchev–Trinajstić information content (AvgIpc) is 2.82. The molecule has 0 heterocycles. The highest BCUT2D eigenvalue weighted by Crippen LogP contribution is 2.36. The average molecular weight is 289 g/mol. The normalized spacial score (nSPS) is 24.5. The molecule has 1 aromatic carbocycles. The van der Waals surface area contributed by atoms with E-state index in [4.69, 9.17) is 15.7 Å². The van der Waals surface area contributed by atoms with Crippen LogP contribution in [0.5, 0.6) is 5.75 Å². The monoisotopic (exact) mass is 289 g/mol. The molecule has 0 spiro atoms. The van der Waals surface area contributed by atoms with Crippen molar-refractivity contribution in [1.29, 1.82) is 5.26 Å². The highest BCUT2D eigenvalue weighted by atomic mass is 16.6. The molecular weight excluding hydrogens is 270 g/mol. The first-order chi connectivity index (χ1) is 9.98. The molecule has 0 bridgehead atoms. The van der Waals surface area contributed by atoms with Crippen molar-refractivity contribution in [2.24, 2.45) is 11.7 Å². The first kappa shape index (κ1) is 15.3. The summed E-state index contributed by atoms with van der Waals surface area (Å²) < 4.78 is 5.62. The third kappa shape index (κ3) is 3.14. The predicted molar refractivity (Wildman–Crippen MR) is 77.8 cm³/mol. The van der Waals surface area contributed by atoms with Crippen molar-refractivity contribution in [3.05, 3.63) is 33.9 Å². The molecule has 0 aromatic heterocycles. The Hall–Kier alpha value is -2.13. The van der Waals surface area contributed by atoms with Crippen molar-refractivity contribution in [2.75, 3.05) is 6.61 Å². The van der Waals surface area contributed by atoms with Crippen LogP contribution in [0.1, 0.15) is 31.2 Å². The first-order valence-electron chi connectivity index (χ1n) is 7.05. The quantitative estimate of drug-likeness (QED) is 0.663. The van der Waals surface area contributed by atoms with Gasteiger partial charge < -0.3 is 10.5 Å². The van der Waals surface area contributed by atoms with E-state index in [0.717, 1.165) is 18.4 Å². The van der Waals surface area contributed by atoms with Crippen molar-refractivity contribution in [1.82, 2.24) is 0 Å². The molecule has 2 rings (SSSR count). The van der Waals surface area contributed by atoms with Gasteiger partial charge in [-0.15, -0.1) is 0 Å². The summed E-state index contributed by atoms with van der Waals surface area (Å²) in [5.41, 5.74) is 5.99. The molecule has 6 nitrogen and oxygen atoms in total. The Labute approximate surface area is 123 Å². The Kier molecular flexibility index (Phi) is 4.43. The maximum atomic E-state index is 11.0. The van der Waals surface area contributed by atoms with E-state index in [-0.39, 0.29) is 11.6 Å². The van der Waals surface area contributed by atoms with Gasteiger partial charge in [-0.25, -0.2) is 0 Å². The molecule has 0 radical (unpaired) electrons. The molecule has 0 amide bonds. The smallest absolute Gasteiger partial charge is 0.311 e. The molecule has 112 valence electrons. The topological polar surface area (TPSA) is 102 Å². The Bertz CT molecular complexity index is 582. The van der Waals surface area contributed by atoms with Crippen LogP contribution < -0.4 is 10.5 Å². The van der Waals surface area contributed by atoms with Gasteiger partial charge in [0.05, 0.1) is 17.6 Å². The largest absolute Gasteiger partial charge is 0.487 e. The maximum Gasteiger partial charge on any atom is 0.311 e. The van der Waals surface area contributed by atoms with Crippen molar-refractivity contribution >= 4 is 5.69 Å². The number of nitro groups is 1. The number of nitrogens with two attached hydrogens (primary N) is 1. The summed E-state index contributed by atoms with van der Waals surface area (Å²) in [5, 5.41) is 20.2. The fraction of sp³-hybridized carbons (Fsp3) is 0.533. The minimum atomic E-state index is -0.777. The fourth-order valence-electron chi connectivity index (χ4n) is 2.92. The van der Waals surface area contributed by atoms with E-state index in [1.807, 2.05) is 0 Å². The molecule has 0 saturated heterocycles. The molecule has 2 unspecified atom stereocenters. The van der Waals surface area contributed by atoms with Gasteiger partial charge in [0.25, 0.3) is 0 Å². The summed E-state index contributed by atoms with van der Waals surface area (Å²) in [6, 6.07) is 7.04. The number of rotatable bonds is 5. The second kappa shape index (κ2) is 6.10. The van der Waals surface area contributed by atoms with E-state index < -0.39 is 10.5 Å². The van der Waals surface area contributed by atoms with Gasteiger partial charge in [0.15, 0.2) is 5.75 Å². The molecule has 1 saturated carbocycles. The Balaban J connectivity index is 2.02. The van der Waals surface area contributed by atoms with Crippen molar-refractivity contribution in [3.63, 3.8) is 0 Å². The van der Waals surface area contributed by atoms with E-state index in [1.165, 1.54) is 6.07 Å². The highest BCUT2D eigenvalue weighted by Gasteiger charge is 2.39. The van der Waals surface area contributed by atoms with E-state index in [9.17, 15) is 10.1 Å². The van der Waals surface area contributed by atoms with Crippen molar-refractivity contribution in [3.8, 4) is 11.8 Å². The third-order valence-corrected chi connectivity index (χ3v) is 4.18. The predicted octanol–water partition coefficient (Wildman–Crippen LogP) is 2.69. The Morgan fingerprint density at radius 1 is 1.62 bits per heavy atom. The number of ether oxygens (including phenoxy) is 1. The number of nitriles is 1. The van der Waals surface area contributed by atoms with Gasteiger partial charge in [-0.1, -0.05) is 18.6 Å². The molecular formula is C15H19N3O3. The minimum Gasteiger partial charge on any atom is -0.487 e. The van der Waals surface area contributed by atoms with Gasteiger partial charge in [-0.2, -0.15) is 5.26 Å². The molecule has 1 fully saturated rings. The standard InChI is InChI=1S/C15H19N3O3/c1-11-4-2-6-13(18(19)20)14(11)21-9-7-12-5-3-8-15(12,17)10-16/h2,4,6,12H,3,5,7-9,17H2,1H3.